The maximum Gasteiger partial charge on any atom is 0.191 e. The maximum absolute atomic E-state index is 11.1. The second kappa shape index (κ2) is 5.26. The third-order valence-electron chi connectivity index (χ3n) is 3.51. The zero-order valence-electron chi connectivity index (χ0n) is 11.3. The first-order chi connectivity index (χ1) is 6.58. The van der Waals surface area contributed by atoms with E-state index in [1.807, 2.05) is 6.92 Å². The number of rotatable bonds is 5. The van der Waals surface area contributed by atoms with Crippen molar-refractivity contribution in [2.45, 2.75) is 59.2 Å². The minimum Gasteiger partial charge on any atom is -0.417 e. The van der Waals surface area contributed by atoms with Crippen molar-refractivity contribution in [1.29, 1.82) is 0 Å². The van der Waals surface area contributed by atoms with Gasteiger partial charge in [0.25, 0.3) is 0 Å². The van der Waals surface area contributed by atoms with Crippen molar-refractivity contribution in [3.63, 3.8) is 0 Å². The summed E-state index contributed by atoms with van der Waals surface area (Å²) in [4.78, 5) is 11.1. The van der Waals surface area contributed by atoms with Crippen molar-refractivity contribution in [3.8, 4) is 0 Å². The van der Waals surface area contributed by atoms with Crippen molar-refractivity contribution in [3.05, 3.63) is 0 Å². The molecule has 2 nitrogen and oxygen atoms in total. The molecular formula is C12H26O2Si. The molecule has 0 aromatic heterocycles. The number of hydrogen-bond acceptors (Lipinski definition) is 2. The summed E-state index contributed by atoms with van der Waals surface area (Å²) in [5, 5.41) is 0.256. The van der Waals surface area contributed by atoms with Gasteiger partial charge in [-0.3, -0.25) is 4.79 Å². The normalized spacial score (nSPS) is 15.1. The van der Waals surface area contributed by atoms with E-state index in [1.165, 1.54) is 0 Å². The molecule has 3 heteroatoms. The van der Waals surface area contributed by atoms with Crippen LogP contribution in [0.5, 0.6) is 0 Å². The zero-order valence-corrected chi connectivity index (χ0v) is 12.3. The molecule has 90 valence electrons. The van der Waals surface area contributed by atoms with Crippen LogP contribution >= 0.6 is 0 Å². The second-order valence-electron chi connectivity index (χ2n) is 5.91. The molecule has 0 spiro atoms. The van der Waals surface area contributed by atoms with Gasteiger partial charge in [-0.1, -0.05) is 27.7 Å². The van der Waals surface area contributed by atoms with Crippen LogP contribution in [-0.4, -0.2) is 20.7 Å². The third-order valence-corrected chi connectivity index (χ3v) is 8.05. The lowest BCUT2D eigenvalue weighted by Gasteiger charge is -2.36. The Morgan fingerprint density at radius 3 is 2.13 bits per heavy atom. The third kappa shape index (κ3) is 4.93. The molecule has 0 aliphatic heterocycles. The molecule has 15 heavy (non-hydrogen) atoms. The fraction of sp³-hybridized carbons (Fsp3) is 0.917. The monoisotopic (exact) mass is 230 g/mol. The molecule has 1 unspecified atom stereocenters. The highest BCUT2D eigenvalue weighted by molar-refractivity contribution is 6.74. The van der Waals surface area contributed by atoms with Crippen LogP contribution in [0.3, 0.4) is 0 Å². The summed E-state index contributed by atoms with van der Waals surface area (Å²) >= 11 is 0. The summed E-state index contributed by atoms with van der Waals surface area (Å²) in [5.41, 5.74) is 0. The first-order valence-electron chi connectivity index (χ1n) is 5.72. The number of carbonyl (C=O) groups excluding carboxylic acids is 1. The van der Waals surface area contributed by atoms with Crippen molar-refractivity contribution >= 4 is 14.1 Å². The minimum absolute atomic E-state index is 0.134. The average molecular weight is 230 g/mol. The van der Waals surface area contributed by atoms with E-state index in [2.05, 4.69) is 33.9 Å². The summed E-state index contributed by atoms with van der Waals surface area (Å²) in [6.07, 6.45) is 0.849. The van der Waals surface area contributed by atoms with Gasteiger partial charge >= 0.3 is 0 Å². The quantitative estimate of drug-likeness (QED) is 0.674. The van der Waals surface area contributed by atoms with Gasteiger partial charge in [0.05, 0.1) is 0 Å². The topological polar surface area (TPSA) is 26.3 Å². The number of Topliss-reactive ketones (excluding diaryl/α,β-unsaturated/α-hetero) is 1. The first-order valence-corrected chi connectivity index (χ1v) is 8.63. The van der Waals surface area contributed by atoms with Crippen molar-refractivity contribution in [2.75, 3.05) is 6.61 Å². The summed E-state index contributed by atoms with van der Waals surface area (Å²) in [6.45, 7) is 15.5. The molecule has 0 aromatic rings. The van der Waals surface area contributed by atoms with E-state index in [0.717, 1.165) is 13.0 Å². The Kier molecular flexibility index (Phi) is 5.20. The predicted octanol–water partition coefficient (Wildman–Crippen LogP) is 3.62. The molecule has 0 radical (unpaired) electrons. The van der Waals surface area contributed by atoms with E-state index in [9.17, 15) is 4.79 Å². The largest absolute Gasteiger partial charge is 0.417 e. The van der Waals surface area contributed by atoms with Crippen molar-refractivity contribution in [2.24, 2.45) is 5.92 Å². The Morgan fingerprint density at radius 2 is 1.80 bits per heavy atom. The highest BCUT2D eigenvalue weighted by Crippen LogP contribution is 2.36. The minimum atomic E-state index is -1.62. The summed E-state index contributed by atoms with van der Waals surface area (Å²) < 4.78 is 6.00. The van der Waals surface area contributed by atoms with Gasteiger partial charge in [-0.25, -0.2) is 0 Å². The number of ketones is 1. The molecular weight excluding hydrogens is 204 g/mol. The van der Waals surface area contributed by atoms with E-state index in [4.69, 9.17) is 4.43 Å². The van der Waals surface area contributed by atoms with Crippen LogP contribution in [0.4, 0.5) is 0 Å². The predicted molar refractivity (Wildman–Crippen MR) is 67.6 cm³/mol. The molecule has 0 bridgehead atoms. The van der Waals surface area contributed by atoms with E-state index < -0.39 is 8.32 Å². The molecule has 0 rings (SSSR count). The van der Waals surface area contributed by atoms with Gasteiger partial charge in [0.2, 0.25) is 0 Å². The van der Waals surface area contributed by atoms with Gasteiger partial charge in [-0.15, -0.1) is 0 Å². The van der Waals surface area contributed by atoms with E-state index in [0.29, 0.717) is 0 Å². The van der Waals surface area contributed by atoms with Crippen LogP contribution < -0.4 is 0 Å². The van der Waals surface area contributed by atoms with Crippen LogP contribution in [-0.2, 0) is 9.22 Å². The van der Waals surface area contributed by atoms with E-state index >= 15 is 0 Å². The Hall–Kier alpha value is -0.153. The van der Waals surface area contributed by atoms with Gasteiger partial charge < -0.3 is 4.43 Å². The fourth-order valence-corrected chi connectivity index (χ4v) is 1.97. The van der Waals surface area contributed by atoms with Crippen LogP contribution in [0, 0.1) is 5.92 Å². The maximum atomic E-state index is 11.1. The summed E-state index contributed by atoms with van der Waals surface area (Å²) in [7, 11) is -1.62. The fourth-order valence-electron chi connectivity index (χ4n) is 0.911. The number of carbonyl (C=O) groups is 1. The average Bonchev–Trinajstić information content (AvgIpc) is 2.01. The van der Waals surface area contributed by atoms with Crippen LogP contribution in [0.2, 0.25) is 18.1 Å². The van der Waals surface area contributed by atoms with Crippen LogP contribution in [0.25, 0.3) is 0 Å². The molecule has 0 N–H and O–H groups in total. The highest BCUT2D eigenvalue weighted by atomic mass is 28.4. The molecule has 0 heterocycles. The van der Waals surface area contributed by atoms with Gasteiger partial charge in [0.15, 0.2) is 8.32 Å². The van der Waals surface area contributed by atoms with Gasteiger partial charge in [-0.2, -0.15) is 0 Å². The van der Waals surface area contributed by atoms with Crippen molar-refractivity contribution < 1.29 is 9.22 Å². The van der Waals surface area contributed by atoms with Gasteiger partial charge in [0, 0.05) is 12.5 Å². The van der Waals surface area contributed by atoms with Crippen LogP contribution in [0.1, 0.15) is 41.0 Å². The lowest BCUT2D eigenvalue weighted by molar-refractivity contribution is -0.120. The van der Waals surface area contributed by atoms with Gasteiger partial charge in [-0.05, 0) is 31.5 Å². The van der Waals surface area contributed by atoms with Crippen molar-refractivity contribution in [1.82, 2.24) is 0 Å². The van der Waals surface area contributed by atoms with E-state index in [1.54, 1.807) is 6.92 Å². The number of hydrogen-bond donors (Lipinski definition) is 0. The molecule has 0 amide bonds. The van der Waals surface area contributed by atoms with E-state index in [-0.39, 0.29) is 16.7 Å². The molecule has 0 aliphatic carbocycles. The molecule has 0 saturated carbocycles. The molecule has 0 saturated heterocycles. The Balaban J connectivity index is 4.01. The van der Waals surface area contributed by atoms with Gasteiger partial charge in [0.1, 0.15) is 5.78 Å². The molecule has 1 atom stereocenters. The highest BCUT2D eigenvalue weighted by Gasteiger charge is 2.36. The first kappa shape index (κ1) is 14.8. The molecule has 0 aromatic carbocycles. The Labute approximate surface area is 95.5 Å². The lowest BCUT2D eigenvalue weighted by Crippen LogP contribution is -2.41. The zero-order chi connectivity index (χ0) is 12.3. The molecule has 0 fully saturated rings. The summed E-state index contributed by atoms with van der Waals surface area (Å²) in [5.74, 6) is 0.392. The lowest BCUT2D eigenvalue weighted by atomic mass is 10.1. The summed E-state index contributed by atoms with van der Waals surface area (Å²) in [6, 6.07) is 0. The Morgan fingerprint density at radius 1 is 1.33 bits per heavy atom. The Bertz CT molecular complexity index is 216. The smallest absolute Gasteiger partial charge is 0.191 e. The standard InChI is InChI=1S/C12H26O2Si/c1-10(11(2)13)8-9-14-15(6,7)12(3,4)5/h10H,8-9H2,1-7H3. The second-order valence-corrected chi connectivity index (χ2v) is 10.7. The molecule has 0 aliphatic rings. The van der Waals surface area contributed by atoms with Crippen LogP contribution in [0.15, 0.2) is 0 Å². The SMILES string of the molecule is CC(=O)C(C)CCO[Si](C)(C)C(C)(C)C.